The van der Waals surface area contributed by atoms with Crippen LogP contribution in [-0.4, -0.2) is 30.0 Å². The molecule has 5 nitrogen and oxygen atoms in total. The summed E-state index contributed by atoms with van der Waals surface area (Å²) in [6, 6.07) is 9.37. The first-order chi connectivity index (χ1) is 10.9. The molecule has 0 radical (unpaired) electrons. The minimum atomic E-state index is -0.993. The lowest BCUT2D eigenvalue weighted by Crippen LogP contribution is -2.25. The van der Waals surface area contributed by atoms with Gasteiger partial charge in [0.2, 0.25) is 5.78 Å². The molecule has 1 aromatic carbocycles. The van der Waals surface area contributed by atoms with Gasteiger partial charge in [-0.15, -0.1) is 0 Å². The predicted octanol–water partition coefficient (Wildman–Crippen LogP) is 3.83. The van der Waals surface area contributed by atoms with E-state index in [0.717, 1.165) is 0 Å². The summed E-state index contributed by atoms with van der Waals surface area (Å²) in [7, 11) is 1.53. The molecule has 0 unspecified atom stereocenters. The fourth-order valence-corrected chi connectivity index (χ4v) is 2.15. The fraction of sp³-hybridized carbons (Fsp3) is 0.188. The Morgan fingerprint density at radius 3 is 2.35 bits per heavy atom. The van der Waals surface area contributed by atoms with E-state index < -0.39 is 12.1 Å². The Kier molecular flexibility index (Phi) is 5.58. The third-order valence-electron chi connectivity index (χ3n) is 3.03. The second-order valence-electron chi connectivity index (χ2n) is 4.60. The summed E-state index contributed by atoms with van der Waals surface area (Å²) >= 11 is 11.6. The van der Waals surface area contributed by atoms with Crippen LogP contribution in [0.4, 0.5) is 0 Å². The van der Waals surface area contributed by atoms with Gasteiger partial charge in [-0.3, -0.25) is 4.79 Å². The number of pyridine rings is 1. The maximum atomic E-state index is 12.3. The molecule has 0 aliphatic heterocycles. The van der Waals surface area contributed by atoms with Crippen LogP contribution in [0.5, 0.6) is 5.75 Å². The number of ketones is 1. The van der Waals surface area contributed by atoms with E-state index in [9.17, 15) is 9.59 Å². The van der Waals surface area contributed by atoms with E-state index >= 15 is 0 Å². The lowest BCUT2D eigenvalue weighted by Gasteiger charge is -2.13. The van der Waals surface area contributed by atoms with Gasteiger partial charge in [0.05, 0.1) is 12.1 Å². The molecule has 0 spiro atoms. The maximum Gasteiger partial charge on any atom is 0.359 e. The molecular formula is C16H13Cl2NO4. The van der Waals surface area contributed by atoms with E-state index in [1.165, 1.54) is 26.2 Å². The number of Topliss-reactive ketones (excluding diaryl/α,β-unsaturated/α-hetero) is 1. The summed E-state index contributed by atoms with van der Waals surface area (Å²) < 4.78 is 10.1. The van der Waals surface area contributed by atoms with Crippen LogP contribution in [0.25, 0.3) is 0 Å². The molecular weight excluding hydrogens is 341 g/mol. The number of carbonyl (C=O) groups is 2. The van der Waals surface area contributed by atoms with Crippen LogP contribution in [0.15, 0.2) is 36.4 Å². The van der Waals surface area contributed by atoms with E-state index in [-0.39, 0.29) is 21.7 Å². The molecule has 1 atom stereocenters. The first kappa shape index (κ1) is 17.2. The topological polar surface area (TPSA) is 65.5 Å². The van der Waals surface area contributed by atoms with Gasteiger partial charge in [0.15, 0.2) is 11.8 Å². The quantitative estimate of drug-likeness (QED) is 0.464. The van der Waals surface area contributed by atoms with Crippen molar-refractivity contribution < 1.29 is 19.1 Å². The normalized spacial score (nSPS) is 11.7. The molecule has 0 N–H and O–H groups in total. The second kappa shape index (κ2) is 7.44. The molecule has 0 fully saturated rings. The lowest BCUT2D eigenvalue weighted by atomic mass is 10.1. The number of benzene rings is 1. The lowest BCUT2D eigenvalue weighted by molar-refractivity contribution is 0.0313. The SMILES string of the molecule is COc1ccc(C(=O)[C@H](C)OC(=O)c2nc(Cl)ccc2Cl)cc1. The smallest absolute Gasteiger partial charge is 0.359 e. The first-order valence-corrected chi connectivity index (χ1v) is 7.39. The Labute approximate surface area is 143 Å². The summed E-state index contributed by atoms with van der Waals surface area (Å²) in [5, 5.41) is 0.207. The van der Waals surface area contributed by atoms with Crippen LogP contribution in [0.1, 0.15) is 27.8 Å². The van der Waals surface area contributed by atoms with Gasteiger partial charge in [0, 0.05) is 5.56 Å². The monoisotopic (exact) mass is 353 g/mol. The van der Waals surface area contributed by atoms with Crippen LogP contribution in [0.2, 0.25) is 10.2 Å². The Bertz CT molecular complexity index is 731. The number of ether oxygens (including phenoxy) is 2. The van der Waals surface area contributed by atoms with Gasteiger partial charge in [-0.1, -0.05) is 23.2 Å². The van der Waals surface area contributed by atoms with E-state index in [4.69, 9.17) is 32.7 Å². The van der Waals surface area contributed by atoms with Crippen molar-refractivity contribution >= 4 is 35.0 Å². The number of hydrogen-bond acceptors (Lipinski definition) is 5. The number of esters is 1. The maximum absolute atomic E-state index is 12.3. The van der Waals surface area contributed by atoms with Gasteiger partial charge < -0.3 is 9.47 Å². The molecule has 120 valence electrons. The molecule has 0 saturated carbocycles. The number of carbonyl (C=O) groups excluding carboxylic acids is 2. The Morgan fingerprint density at radius 1 is 1.09 bits per heavy atom. The summed E-state index contributed by atoms with van der Waals surface area (Å²) in [5.74, 6) is -0.535. The molecule has 0 aliphatic carbocycles. The van der Waals surface area contributed by atoms with Crippen molar-refractivity contribution in [1.29, 1.82) is 0 Å². The molecule has 2 aromatic rings. The van der Waals surface area contributed by atoms with Crippen LogP contribution >= 0.6 is 23.2 Å². The molecule has 7 heteroatoms. The number of aromatic nitrogens is 1. The van der Waals surface area contributed by atoms with Crippen molar-refractivity contribution in [2.75, 3.05) is 7.11 Å². The molecule has 0 aliphatic rings. The zero-order chi connectivity index (χ0) is 17.0. The molecule has 0 saturated heterocycles. The predicted molar refractivity (Wildman–Crippen MR) is 86.5 cm³/mol. The Morgan fingerprint density at radius 2 is 1.74 bits per heavy atom. The standard InChI is InChI=1S/C16H13Cl2NO4/c1-9(15(20)10-3-5-11(22-2)6-4-10)23-16(21)14-12(17)7-8-13(18)19-14/h3-9H,1-2H3/t9-/m0/s1. The van der Waals surface area contributed by atoms with E-state index in [0.29, 0.717) is 11.3 Å². The largest absolute Gasteiger partial charge is 0.497 e. The van der Waals surface area contributed by atoms with Gasteiger partial charge in [-0.2, -0.15) is 0 Å². The van der Waals surface area contributed by atoms with Crippen molar-refractivity contribution in [3.05, 3.63) is 57.8 Å². The molecule has 1 heterocycles. The Hall–Kier alpha value is -2.11. The van der Waals surface area contributed by atoms with Crippen molar-refractivity contribution in [3.8, 4) is 5.75 Å². The highest BCUT2D eigenvalue weighted by Gasteiger charge is 2.23. The number of hydrogen-bond donors (Lipinski definition) is 0. The summed E-state index contributed by atoms with van der Waals surface area (Å²) in [6.45, 7) is 1.48. The Balaban J connectivity index is 2.10. The number of nitrogens with zero attached hydrogens (tertiary/aromatic N) is 1. The average Bonchev–Trinajstić information content (AvgIpc) is 2.56. The van der Waals surface area contributed by atoms with Crippen LogP contribution in [0, 0.1) is 0 Å². The van der Waals surface area contributed by atoms with Gasteiger partial charge >= 0.3 is 5.97 Å². The fourth-order valence-electron chi connectivity index (χ4n) is 1.82. The molecule has 2 rings (SSSR count). The van der Waals surface area contributed by atoms with Crippen LogP contribution in [0.3, 0.4) is 0 Å². The van der Waals surface area contributed by atoms with E-state index in [2.05, 4.69) is 4.98 Å². The van der Waals surface area contributed by atoms with Gasteiger partial charge in [0.25, 0.3) is 0 Å². The van der Waals surface area contributed by atoms with Crippen molar-refractivity contribution in [1.82, 2.24) is 4.98 Å². The zero-order valence-electron chi connectivity index (χ0n) is 12.4. The summed E-state index contributed by atoms with van der Waals surface area (Å²) in [4.78, 5) is 28.1. The minimum absolute atomic E-state index is 0.100. The molecule has 23 heavy (non-hydrogen) atoms. The van der Waals surface area contributed by atoms with Crippen LogP contribution < -0.4 is 4.74 Å². The number of methoxy groups -OCH3 is 1. The van der Waals surface area contributed by atoms with Crippen molar-refractivity contribution in [3.63, 3.8) is 0 Å². The molecule has 0 bridgehead atoms. The third kappa shape index (κ3) is 4.21. The number of rotatable bonds is 5. The van der Waals surface area contributed by atoms with Gasteiger partial charge in [-0.05, 0) is 43.3 Å². The van der Waals surface area contributed by atoms with Gasteiger partial charge in [-0.25, -0.2) is 9.78 Å². The summed E-state index contributed by atoms with van der Waals surface area (Å²) in [6.07, 6.45) is -0.993. The van der Waals surface area contributed by atoms with E-state index in [1.54, 1.807) is 24.3 Å². The van der Waals surface area contributed by atoms with Crippen molar-refractivity contribution in [2.24, 2.45) is 0 Å². The van der Waals surface area contributed by atoms with Crippen molar-refractivity contribution in [2.45, 2.75) is 13.0 Å². The highest BCUT2D eigenvalue weighted by molar-refractivity contribution is 6.34. The summed E-state index contributed by atoms with van der Waals surface area (Å²) in [5.41, 5.74) is 0.268. The molecule has 1 aromatic heterocycles. The highest BCUT2D eigenvalue weighted by atomic mass is 35.5. The third-order valence-corrected chi connectivity index (χ3v) is 3.55. The van der Waals surface area contributed by atoms with Crippen LogP contribution in [-0.2, 0) is 4.74 Å². The second-order valence-corrected chi connectivity index (χ2v) is 5.40. The first-order valence-electron chi connectivity index (χ1n) is 6.63. The minimum Gasteiger partial charge on any atom is -0.497 e. The molecule has 0 amide bonds. The van der Waals surface area contributed by atoms with Gasteiger partial charge in [0.1, 0.15) is 10.9 Å². The highest BCUT2D eigenvalue weighted by Crippen LogP contribution is 2.19. The average molecular weight is 354 g/mol. The van der Waals surface area contributed by atoms with E-state index in [1.807, 2.05) is 0 Å². The zero-order valence-corrected chi connectivity index (χ0v) is 13.9. The number of halogens is 2.